The summed E-state index contributed by atoms with van der Waals surface area (Å²) in [6, 6.07) is 7.19. The standard InChI is InChI=1S/C11H11NO7S/c13-10(18-6-8-4-2-1-3-5-8)9-7-19-20(16,17)12(9)11(14)15/h1-5,9H,6-7H2,(H,14,15)/t9-/m0/s1. The molecule has 1 aromatic rings. The van der Waals surface area contributed by atoms with Crippen LogP contribution in [0.25, 0.3) is 0 Å². The van der Waals surface area contributed by atoms with Crippen LogP contribution in [0.1, 0.15) is 5.56 Å². The van der Waals surface area contributed by atoms with Gasteiger partial charge >= 0.3 is 22.4 Å². The molecule has 1 N–H and O–H groups in total. The molecule has 108 valence electrons. The summed E-state index contributed by atoms with van der Waals surface area (Å²) in [5.74, 6) is -0.975. The quantitative estimate of drug-likeness (QED) is 0.802. The number of hydrogen-bond acceptors (Lipinski definition) is 6. The lowest BCUT2D eigenvalue weighted by Crippen LogP contribution is -2.43. The van der Waals surface area contributed by atoms with Gasteiger partial charge in [0, 0.05) is 0 Å². The molecule has 8 nitrogen and oxygen atoms in total. The fraction of sp³-hybridized carbons (Fsp3) is 0.273. The minimum atomic E-state index is -4.43. The Morgan fingerprint density at radius 2 is 2.00 bits per heavy atom. The lowest BCUT2D eigenvalue weighted by Gasteiger charge is -2.16. The van der Waals surface area contributed by atoms with E-state index in [-0.39, 0.29) is 10.9 Å². The molecule has 1 atom stereocenters. The normalized spacial score (nSPS) is 20.6. The van der Waals surface area contributed by atoms with Crippen molar-refractivity contribution >= 4 is 22.4 Å². The molecule has 1 aliphatic rings. The molecule has 1 aliphatic heterocycles. The van der Waals surface area contributed by atoms with Gasteiger partial charge in [0.15, 0.2) is 6.04 Å². The van der Waals surface area contributed by atoms with Crippen molar-refractivity contribution in [2.45, 2.75) is 12.6 Å². The van der Waals surface area contributed by atoms with E-state index in [2.05, 4.69) is 4.18 Å². The molecule has 0 spiro atoms. The van der Waals surface area contributed by atoms with E-state index in [1.54, 1.807) is 30.3 Å². The van der Waals surface area contributed by atoms with Crippen LogP contribution in [0.5, 0.6) is 0 Å². The first kappa shape index (κ1) is 14.3. The molecule has 0 radical (unpaired) electrons. The summed E-state index contributed by atoms with van der Waals surface area (Å²) in [5, 5.41) is 8.81. The van der Waals surface area contributed by atoms with Crippen molar-refractivity contribution in [3.63, 3.8) is 0 Å². The van der Waals surface area contributed by atoms with Crippen molar-refractivity contribution in [1.29, 1.82) is 0 Å². The molecular weight excluding hydrogens is 290 g/mol. The molecule has 9 heteroatoms. The number of carbonyl (C=O) groups excluding carboxylic acids is 1. The van der Waals surface area contributed by atoms with Gasteiger partial charge in [0.2, 0.25) is 0 Å². The maximum Gasteiger partial charge on any atom is 0.423 e. The monoisotopic (exact) mass is 301 g/mol. The summed E-state index contributed by atoms with van der Waals surface area (Å²) in [7, 11) is -4.43. The second kappa shape index (κ2) is 5.47. The molecule has 20 heavy (non-hydrogen) atoms. The minimum Gasteiger partial charge on any atom is -0.464 e. The predicted octanol–water partition coefficient (Wildman–Crippen LogP) is 0.353. The van der Waals surface area contributed by atoms with Gasteiger partial charge in [0.25, 0.3) is 0 Å². The highest BCUT2D eigenvalue weighted by molar-refractivity contribution is 7.85. The summed E-state index contributed by atoms with van der Waals surface area (Å²) < 4.78 is 31.8. The first-order chi connectivity index (χ1) is 9.42. The van der Waals surface area contributed by atoms with Crippen LogP contribution in [-0.4, -0.2) is 42.5 Å². The predicted molar refractivity (Wildman–Crippen MR) is 64.8 cm³/mol. The summed E-state index contributed by atoms with van der Waals surface area (Å²) in [6.07, 6.45) is -1.79. The molecule has 2 rings (SSSR count). The van der Waals surface area contributed by atoms with Crippen LogP contribution in [0.2, 0.25) is 0 Å². The van der Waals surface area contributed by atoms with Crippen LogP contribution in [0.3, 0.4) is 0 Å². The Hall–Kier alpha value is -2.13. The topological polar surface area (TPSA) is 110 Å². The second-order valence-electron chi connectivity index (χ2n) is 3.93. The zero-order valence-electron chi connectivity index (χ0n) is 10.1. The van der Waals surface area contributed by atoms with E-state index in [0.717, 1.165) is 0 Å². The Bertz CT molecular complexity index is 613. The van der Waals surface area contributed by atoms with E-state index < -0.39 is 35.0 Å². The molecule has 1 amide bonds. The Kier molecular flexibility index (Phi) is 3.91. The SMILES string of the molecule is O=C(OCc1ccccc1)[C@@H]1COS(=O)(=O)N1C(=O)O. The smallest absolute Gasteiger partial charge is 0.423 e. The summed E-state index contributed by atoms with van der Waals surface area (Å²) in [5.41, 5.74) is 0.699. The van der Waals surface area contributed by atoms with Gasteiger partial charge in [-0.15, -0.1) is 0 Å². The van der Waals surface area contributed by atoms with Crippen LogP contribution < -0.4 is 0 Å². The number of benzene rings is 1. The lowest BCUT2D eigenvalue weighted by atomic mass is 10.2. The first-order valence-electron chi connectivity index (χ1n) is 5.54. The maximum absolute atomic E-state index is 11.7. The number of carboxylic acid groups (broad SMARTS) is 1. The maximum atomic E-state index is 11.7. The Labute approximate surface area is 114 Å². The van der Waals surface area contributed by atoms with Crippen LogP contribution in [-0.2, 0) is 30.6 Å². The molecule has 1 aromatic carbocycles. The molecule has 1 heterocycles. The van der Waals surface area contributed by atoms with Gasteiger partial charge in [0.1, 0.15) is 13.2 Å². The molecule has 0 unspecified atom stereocenters. The van der Waals surface area contributed by atoms with Crippen molar-refractivity contribution < 1.29 is 32.0 Å². The lowest BCUT2D eigenvalue weighted by molar-refractivity contribution is -0.149. The molecule has 0 saturated carbocycles. The van der Waals surface area contributed by atoms with Crippen LogP contribution in [0.4, 0.5) is 4.79 Å². The molecule has 1 saturated heterocycles. The summed E-state index contributed by atoms with van der Waals surface area (Å²) >= 11 is 0. The van der Waals surface area contributed by atoms with E-state index in [1.165, 1.54) is 0 Å². The van der Waals surface area contributed by atoms with Gasteiger partial charge in [-0.2, -0.15) is 12.7 Å². The largest absolute Gasteiger partial charge is 0.464 e. The highest BCUT2D eigenvalue weighted by Crippen LogP contribution is 2.20. The van der Waals surface area contributed by atoms with Gasteiger partial charge in [0.05, 0.1) is 0 Å². The van der Waals surface area contributed by atoms with Crippen molar-refractivity contribution in [3.8, 4) is 0 Å². The van der Waals surface area contributed by atoms with Crippen LogP contribution in [0.15, 0.2) is 30.3 Å². The number of nitrogens with zero attached hydrogens (tertiary/aromatic N) is 1. The zero-order chi connectivity index (χ0) is 14.8. The zero-order valence-corrected chi connectivity index (χ0v) is 10.9. The first-order valence-corrected chi connectivity index (χ1v) is 6.90. The van der Waals surface area contributed by atoms with Gasteiger partial charge in [-0.1, -0.05) is 30.3 Å². The van der Waals surface area contributed by atoms with E-state index in [9.17, 15) is 18.0 Å². The van der Waals surface area contributed by atoms with Gasteiger partial charge in [-0.05, 0) is 5.56 Å². The van der Waals surface area contributed by atoms with Crippen molar-refractivity contribution in [3.05, 3.63) is 35.9 Å². The molecule has 0 aliphatic carbocycles. The third-order valence-corrected chi connectivity index (χ3v) is 3.91. The molecule has 1 fully saturated rings. The third-order valence-electron chi connectivity index (χ3n) is 2.58. The highest BCUT2D eigenvalue weighted by Gasteiger charge is 2.47. The fourth-order valence-electron chi connectivity index (χ4n) is 1.65. The average molecular weight is 301 g/mol. The van der Waals surface area contributed by atoms with Crippen LogP contribution in [0, 0.1) is 0 Å². The van der Waals surface area contributed by atoms with E-state index in [0.29, 0.717) is 5.56 Å². The van der Waals surface area contributed by atoms with Gasteiger partial charge in [-0.3, -0.25) is 4.18 Å². The molecular formula is C11H11NO7S. The fourth-order valence-corrected chi connectivity index (χ4v) is 2.71. The third kappa shape index (κ3) is 2.89. The molecule has 0 aromatic heterocycles. The second-order valence-corrected chi connectivity index (χ2v) is 5.41. The van der Waals surface area contributed by atoms with Crippen molar-refractivity contribution in [1.82, 2.24) is 4.31 Å². The van der Waals surface area contributed by atoms with Crippen LogP contribution >= 0.6 is 0 Å². The number of esters is 1. The number of carbonyl (C=O) groups is 2. The van der Waals surface area contributed by atoms with E-state index in [4.69, 9.17) is 9.84 Å². The summed E-state index contributed by atoms with van der Waals surface area (Å²) in [4.78, 5) is 22.6. The van der Waals surface area contributed by atoms with Gasteiger partial charge in [-0.25, -0.2) is 9.59 Å². The number of rotatable bonds is 3. The highest BCUT2D eigenvalue weighted by atomic mass is 32.2. The molecule has 0 bridgehead atoms. The summed E-state index contributed by atoms with van der Waals surface area (Å²) in [6.45, 7) is -0.661. The number of amides is 1. The van der Waals surface area contributed by atoms with E-state index in [1.807, 2.05) is 0 Å². The van der Waals surface area contributed by atoms with Crippen molar-refractivity contribution in [2.24, 2.45) is 0 Å². The minimum absolute atomic E-state index is 0.0413. The number of hydrogen-bond donors (Lipinski definition) is 1. The van der Waals surface area contributed by atoms with E-state index >= 15 is 0 Å². The Morgan fingerprint density at radius 1 is 1.35 bits per heavy atom. The number of ether oxygens (including phenoxy) is 1. The van der Waals surface area contributed by atoms with Gasteiger partial charge < -0.3 is 9.84 Å². The van der Waals surface area contributed by atoms with Crippen molar-refractivity contribution in [2.75, 3.05) is 6.61 Å². The Balaban J connectivity index is 2.04. The Morgan fingerprint density at radius 3 is 2.60 bits per heavy atom. The average Bonchev–Trinajstić information content (AvgIpc) is 2.73.